The molecule has 1 fully saturated rings. The summed E-state index contributed by atoms with van der Waals surface area (Å²) in [5, 5.41) is 6.44. The van der Waals surface area contributed by atoms with Crippen LogP contribution in [0.4, 0.5) is 5.69 Å². The second-order valence-corrected chi connectivity index (χ2v) is 5.57. The minimum absolute atomic E-state index is 0.0979. The van der Waals surface area contributed by atoms with E-state index in [2.05, 4.69) is 24.5 Å². The second kappa shape index (κ2) is 3.48. The molecule has 1 amide bonds. The summed E-state index contributed by atoms with van der Waals surface area (Å²) in [5.74, 6) is 0.896. The predicted octanol–water partition coefficient (Wildman–Crippen LogP) is 1.66. The quantitative estimate of drug-likeness (QED) is 0.792. The number of hydrogen-bond donors (Lipinski definition) is 2. The second-order valence-electron chi connectivity index (χ2n) is 5.57. The average Bonchev–Trinajstić information content (AvgIpc) is 2.80. The van der Waals surface area contributed by atoms with Crippen LogP contribution in [-0.4, -0.2) is 25.1 Å². The molecular formula is C14H18N2O2. The molecule has 2 heterocycles. The van der Waals surface area contributed by atoms with E-state index < -0.39 is 5.41 Å². The molecule has 3 rings (SSSR count). The van der Waals surface area contributed by atoms with Gasteiger partial charge in [-0.1, -0.05) is 0 Å². The Morgan fingerprint density at radius 2 is 2.11 bits per heavy atom. The van der Waals surface area contributed by atoms with Crippen molar-refractivity contribution in [1.82, 2.24) is 5.32 Å². The molecule has 1 atom stereocenters. The molecule has 1 aromatic carbocycles. The van der Waals surface area contributed by atoms with Crippen LogP contribution < -0.4 is 15.4 Å². The lowest BCUT2D eigenvalue weighted by atomic mass is 9.68. The Morgan fingerprint density at radius 1 is 1.33 bits per heavy atom. The normalized spacial score (nSPS) is 28.3. The number of carbonyl (C=O) groups is 1. The predicted molar refractivity (Wildman–Crippen MR) is 70.0 cm³/mol. The zero-order chi connectivity index (χ0) is 13.0. The molecule has 1 spiro atoms. The fourth-order valence-electron chi connectivity index (χ4n) is 3.36. The molecule has 0 saturated carbocycles. The maximum absolute atomic E-state index is 12.5. The molecule has 1 unspecified atom stereocenters. The average molecular weight is 246 g/mol. The number of nitrogens with one attached hydrogen (secondary N) is 2. The van der Waals surface area contributed by atoms with Gasteiger partial charge in [-0.2, -0.15) is 0 Å². The minimum Gasteiger partial charge on any atom is -0.497 e. The first-order valence-corrected chi connectivity index (χ1v) is 6.26. The summed E-state index contributed by atoms with van der Waals surface area (Å²) >= 11 is 0. The van der Waals surface area contributed by atoms with E-state index in [0.717, 1.165) is 30.0 Å². The summed E-state index contributed by atoms with van der Waals surface area (Å²) in [6.45, 7) is 5.04. The van der Waals surface area contributed by atoms with Gasteiger partial charge in [0.1, 0.15) is 5.75 Å². The van der Waals surface area contributed by atoms with Crippen molar-refractivity contribution in [3.8, 4) is 5.75 Å². The van der Waals surface area contributed by atoms with Crippen LogP contribution in [0.1, 0.15) is 25.8 Å². The van der Waals surface area contributed by atoms with Crippen LogP contribution in [0, 0.1) is 0 Å². The Morgan fingerprint density at radius 3 is 2.72 bits per heavy atom. The molecule has 1 aromatic rings. The van der Waals surface area contributed by atoms with Crippen molar-refractivity contribution in [3.05, 3.63) is 23.8 Å². The van der Waals surface area contributed by atoms with Crippen LogP contribution in [0.25, 0.3) is 0 Å². The lowest BCUT2D eigenvalue weighted by molar-refractivity contribution is -0.122. The van der Waals surface area contributed by atoms with E-state index in [-0.39, 0.29) is 11.4 Å². The van der Waals surface area contributed by atoms with Gasteiger partial charge in [-0.15, -0.1) is 0 Å². The number of amides is 1. The largest absolute Gasteiger partial charge is 0.497 e. The van der Waals surface area contributed by atoms with E-state index in [1.54, 1.807) is 7.11 Å². The van der Waals surface area contributed by atoms with Crippen molar-refractivity contribution in [2.75, 3.05) is 19.0 Å². The molecular weight excluding hydrogens is 228 g/mol. The molecule has 0 aromatic heterocycles. The third-order valence-corrected chi connectivity index (χ3v) is 4.46. The van der Waals surface area contributed by atoms with Crippen LogP contribution in [-0.2, 0) is 10.2 Å². The van der Waals surface area contributed by atoms with E-state index in [1.807, 2.05) is 18.2 Å². The number of fused-ring (bicyclic) bond motifs is 2. The highest BCUT2D eigenvalue weighted by atomic mass is 16.5. The molecule has 4 heteroatoms. The van der Waals surface area contributed by atoms with E-state index in [0.29, 0.717) is 0 Å². The Labute approximate surface area is 107 Å². The van der Waals surface area contributed by atoms with Gasteiger partial charge in [-0.3, -0.25) is 4.79 Å². The highest BCUT2D eigenvalue weighted by Crippen LogP contribution is 2.50. The highest BCUT2D eigenvalue weighted by Gasteiger charge is 2.59. The Kier molecular flexibility index (Phi) is 2.23. The molecule has 0 bridgehead atoms. The molecule has 2 N–H and O–H groups in total. The zero-order valence-corrected chi connectivity index (χ0v) is 11.0. The van der Waals surface area contributed by atoms with Crippen LogP contribution >= 0.6 is 0 Å². The summed E-state index contributed by atoms with van der Waals surface area (Å²) in [7, 11) is 1.65. The third-order valence-electron chi connectivity index (χ3n) is 4.46. The number of ether oxygens (including phenoxy) is 1. The van der Waals surface area contributed by atoms with Crippen LogP contribution in [0.2, 0.25) is 0 Å². The number of benzene rings is 1. The van der Waals surface area contributed by atoms with Gasteiger partial charge in [0.2, 0.25) is 5.91 Å². The number of methoxy groups -OCH3 is 1. The smallest absolute Gasteiger partial charge is 0.237 e. The number of anilines is 1. The van der Waals surface area contributed by atoms with Gasteiger partial charge in [-0.05, 0) is 50.6 Å². The molecule has 2 aliphatic heterocycles. The Bertz CT molecular complexity index is 525. The van der Waals surface area contributed by atoms with Crippen molar-refractivity contribution in [1.29, 1.82) is 0 Å². The van der Waals surface area contributed by atoms with E-state index in [1.165, 1.54) is 0 Å². The molecule has 18 heavy (non-hydrogen) atoms. The highest BCUT2D eigenvalue weighted by molar-refractivity contribution is 6.07. The molecule has 1 saturated heterocycles. The molecule has 2 aliphatic rings. The van der Waals surface area contributed by atoms with Crippen molar-refractivity contribution >= 4 is 11.6 Å². The van der Waals surface area contributed by atoms with Crippen LogP contribution in [0.3, 0.4) is 0 Å². The van der Waals surface area contributed by atoms with Gasteiger partial charge in [0.15, 0.2) is 0 Å². The number of carbonyl (C=O) groups excluding carboxylic acids is 1. The Hall–Kier alpha value is -1.55. The molecule has 0 radical (unpaired) electrons. The van der Waals surface area contributed by atoms with E-state index >= 15 is 0 Å². The number of hydrogen-bond acceptors (Lipinski definition) is 3. The summed E-state index contributed by atoms with van der Waals surface area (Å²) < 4.78 is 5.29. The lowest BCUT2D eigenvalue weighted by Gasteiger charge is -2.36. The van der Waals surface area contributed by atoms with Crippen molar-refractivity contribution in [2.45, 2.75) is 31.2 Å². The summed E-state index contributed by atoms with van der Waals surface area (Å²) in [6, 6.07) is 5.80. The molecule has 96 valence electrons. The number of rotatable bonds is 1. The maximum atomic E-state index is 12.5. The summed E-state index contributed by atoms with van der Waals surface area (Å²) in [4.78, 5) is 12.5. The van der Waals surface area contributed by atoms with E-state index in [9.17, 15) is 4.79 Å². The molecule has 4 nitrogen and oxygen atoms in total. The van der Waals surface area contributed by atoms with Crippen LogP contribution in [0.5, 0.6) is 5.75 Å². The van der Waals surface area contributed by atoms with Gasteiger partial charge >= 0.3 is 0 Å². The molecule has 0 aliphatic carbocycles. The first-order valence-electron chi connectivity index (χ1n) is 6.26. The van der Waals surface area contributed by atoms with Gasteiger partial charge < -0.3 is 15.4 Å². The summed E-state index contributed by atoms with van der Waals surface area (Å²) in [5.41, 5.74) is 1.25. The Balaban J connectivity index is 2.22. The van der Waals surface area contributed by atoms with Gasteiger partial charge in [0.25, 0.3) is 0 Å². The first kappa shape index (κ1) is 11.5. The fraction of sp³-hybridized carbons (Fsp3) is 0.500. The monoisotopic (exact) mass is 246 g/mol. The van der Waals surface area contributed by atoms with Crippen molar-refractivity contribution in [2.24, 2.45) is 0 Å². The third kappa shape index (κ3) is 1.21. The van der Waals surface area contributed by atoms with E-state index in [4.69, 9.17) is 4.74 Å². The van der Waals surface area contributed by atoms with Gasteiger partial charge in [0.05, 0.1) is 12.5 Å². The zero-order valence-electron chi connectivity index (χ0n) is 11.0. The van der Waals surface area contributed by atoms with Crippen LogP contribution in [0.15, 0.2) is 18.2 Å². The van der Waals surface area contributed by atoms with Gasteiger partial charge in [0, 0.05) is 11.2 Å². The fourth-order valence-corrected chi connectivity index (χ4v) is 3.36. The van der Waals surface area contributed by atoms with Crippen molar-refractivity contribution < 1.29 is 9.53 Å². The topological polar surface area (TPSA) is 50.4 Å². The van der Waals surface area contributed by atoms with Crippen molar-refractivity contribution in [3.63, 3.8) is 0 Å². The lowest BCUT2D eigenvalue weighted by Crippen LogP contribution is -2.53. The van der Waals surface area contributed by atoms with Gasteiger partial charge in [-0.25, -0.2) is 0 Å². The SMILES string of the molecule is COc1ccc2c(c1)C1(CCNC1(C)C)C(=O)N2. The summed E-state index contributed by atoms with van der Waals surface area (Å²) in [6.07, 6.45) is 0.825. The minimum atomic E-state index is -0.475. The first-order chi connectivity index (χ1) is 8.51. The standard InChI is InChI=1S/C14H18N2O2/c1-13(2)14(6-7-15-13)10-8-9(18-3)4-5-11(10)16-12(14)17/h4-5,8,15H,6-7H2,1-3H3,(H,16,17). The maximum Gasteiger partial charge on any atom is 0.237 e.